The van der Waals surface area contributed by atoms with Crippen LogP contribution in [0.4, 0.5) is 10.3 Å². The molecule has 0 fully saturated rings. The molecule has 0 spiro atoms. The lowest BCUT2D eigenvalue weighted by atomic mass is 10.2. The molecule has 1 aromatic carbocycles. The maximum atomic E-state index is 12.9. The van der Waals surface area contributed by atoms with E-state index in [2.05, 4.69) is 15.6 Å². The summed E-state index contributed by atoms with van der Waals surface area (Å²) in [6, 6.07) is 9.82. The van der Waals surface area contributed by atoms with Crippen LogP contribution in [0.5, 0.6) is 0 Å². The summed E-state index contributed by atoms with van der Waals surface area (Å²) in [7, 11) is 0. The highest BCUT2D eigenvalue weighted by Gasteiger charge is 2.12. The summed E-state index contributed by atoms with van der Waals surface area (Å²) in [4.78, 5) is 24.1. The van der Waals surface area contributed by atoms with Crippen molar-refractivity contribution in [3.8, 4) is 0 Å². The summed E-state index contributed by atoms with van der Waals surface area (Å²) >= 11 is 0. The first-order valence-electron chi connectivity index (χ1n) is 7.08. The van der Waals surface area contributed by atoms with Crippen LogP contribution >= 0.6 is 0 Å². The second-order valence-corrected chi connectivity index (χ2v) is 5.13. The number of rotatable bonds is 4. The number of nitrogens with zero attached hydrogens (tertiary/aromatic N) is 3. The molecule has 24 heavy (non-hydrogen) atoms. The van der Waals surface area contributed by atoms with Gasteiger partial charge in [0, 0.05) is 12.1 Å². The molecule has 122 valence electrons. The number of nitrogens with one attached hydrogen (secondary N) is 1. The van der Waals surface area contributed by atoms with Crippen molar-refractivity contribution in [3.05, 3.63) is 75.6 Å². The summed E-state index contributed by atoms with van der Waals surface area (Å²) in [6.07, 6.45) is 0. The minimum atomic E-state index is -0.529. The van der Waals surface area contributed by atoms with Gasteiger partial charge < -0.3 is 4.52 Å². The quantitative estimate of drug-likeness (QED) is 0.791. The molecular weight excluding hydrogens is 315 g/mol. The molecule has 0 atom stereocenters. The van der Waals surface area contributed by atoms with E-state index in [1.165, 1.54) is 24.3 Å². The van der Waals surface area contributed by atoms with Crippen molar-refractivity contribution in [2.24, 2.45) is 0 Å². The van der Waals surface area contributed by atoms with Gasteiger partial charge in [0.25, 0.3) is 11.5 Å². The lowest BCUT2D eigenvalue weighted by Gasteiger charge is -2.07. The normalized spacial score (nSPS) is 10.6. The van der Waals surface area contributed by atoms with Crippen LogP contribution < -0.4 is 10.9 Å². The van der Waals surface area contributed by atoms with Crippen LogP contribution in [0.3, 0.4) is 0 Å². The number of benzene rings is 1. The molecule has 0 unspecified atom stereocenters. The molecule has 0 aliphatic rings. The van der Waals surface area contributed by atoms with Crippen LogP contribution in [0, 0.1) is 12.7 Å². The highest BCUT2D eigenvalue weighted by molar-refractivity contribution is 6.01. The van der Waals surface area contributed by atoms with Gasteiger partial charge in [-0.3, -0.25) is 14.9 Å². The maximum Gasteiger partial charge on any atom is 0.278 e. The third-order valence-corrected chi connectivity index (χ3v) is 3.21. The summed E-state index contributed by atoms with van der Waals surface area (Å²) in [5.41, 5.74) is 0.992. The van der Waals surface area contributed by atoms with Crippen molar-refractivity contribution in [1.29, 1.82) is 0 Å². The molecule has 3 aromatic rings. The van der Waals surface area contributed by atoms with Gasteiger partial charge in [-0.2, -0.15) is 5.10 Å². The van der Waals surface area contributed by atoms with E-state index in [-0.39, 0.29) is 29.5 Å². The second-order valence-electron chi connectivity index (χ2n) is 5.13. The Bertz CT molecular complexity index is 931. The van der Waals surface area contributed by atoms with Gasteiger partial charge in [-0.25, -0.2) is 9.07 Å². The van der Waals surface area contributed by atoms with Crippen LogP contribution in [0.1, 0.15) is 21.7 Å². The molecule has 0 saturated carbocycles. The Morgan fingerprint density at radius 3 is 2.67 bits per heavy atom. The highest BCUT2D eigenvalue weighted by Crippen LogP contribution is 2.09. The van der Waals surface area contributed by atoms with E-state index in [4.69, 9.17) is 4.52 Å². The standard InChI is InChI=1S/C16H13FN4O3/c1-10-8-14(24-20-10)18-16(23)13-6-7-15(22)21(19-13)9-11-2-4-12(17)5-3-11/h2-8H,9H2,1H3,(H,18,23). The van der Waals surface area contributed by atoms with Crippen molar-refractivity contribution in [2.75, 3.05) is 5.32 Å². The Hall–Kier alpha value is -3.29. The van der Waals surface area contributed by atoms with E-state index in [9.17, 15) is 14.0 Å². The molecule has 0 bridgehead atoms. The molecule has 0 radical (unpaired) electrons. The molecule has 2 aromatic heterocycles. The fraction of sp³-hybridized carbons (Fsp3) is 0.125. The van der Waals surface area contributed by atoms with Gasteiger partial charge in [-0.15, -0.1) is 0 Å². The third-order valence-electron chi connectivity index (χ3n) is 3.21. The van der Waals surface area contributed by atoms with Crippen molar-refractivity contribution in [1.82, 2.24) is 14.9 Å². The Kier molecular flexibility index (Phi) is 4.19. The van der Waals surface area contributed by atoms with E-state index in [1.807, 2.05) is 0 Å². The van der Waals surface area contributed by atoms with Gasteiger partial charge in [0.1, 0.15) is 11.5 Å². The van der Waals surface area contributed by atoms with Crippen molar-refractivity contribution >= 4 is 11.8 Å². The molecule has 1 amide bonds. The Labute approximate surface area is 135 Å². The number of hydrogen-bond donors (Lipinski definition) is 1. The zero-order chi connectivity index (χ0) is 17.1. The van der Waals surface area contributed by atoms with Crippen molar-refractivity contribution < 1.29 is 13.7 Å². The topological polar surface area (TPSA) is 90.0 Å². The predicted molar refractivity (Wildman–Crippen MR) is 83.2 cm³/mol. The lowest BCUT2D eigenvalue weighted by Crippen LogP contribution is -2.26. The fourth-order valence-electron chi connectivity index (χ4n) is 2.04. The molecule has 0 aliphatic heterocycles. The van der Waals surface area contributed by atoms with Crippen LogP contribution in [0.2, 0.25) is 0 Å². The summed E-state index contributed by atoms with van der Waals surface area (Å²) in [5, 5.41) is 10.2. The van der Waals surface area contributed by atoms with Gasteiger partial charge in [-0.05, 0) is 30.7 Å². The first kappa shape index (κ1) is 15.6. The van der Waals surface area contributed by atoms with E-state index in [0.717, 1.165) is 4.68 Å². The predicted octanol–water partition coefficient (Wildman–Crippen LogP) is 1.98. The molecule has 1 N–H and O–H groups in total. The van der Waals surface area contributed by atoms with E-state index >= 15 is 0 Å². The van der Waals surface area contributed by atoms with Gasteiger partial charge in [0.2, 0.25) is 5.88 Å². The summed E-state index contributed by atoms with van der Waals surface area (Å²) in [6.45, 7) is 1.85. The average molecular weight is 328 g/mol. The molecule has 7 nitrogen and oxygen atoms in total. The number of halogens is 1. The fourth-order valence-corrected chi connectivity index (χ4v) is 2.04. The number of hydrogen-bond acceptors (Lipinski definition) is 5. The van der Waals surface area contributed by atoms with E-state index in [0.29, 0.717) is 11.3 Å². The van der Waals surface area contributed by atoms with Crippen molar-refractivity contribution in [3.63, 3.8) is 0 Å². The van der Waals surface area contributed by atoms with Gasteiger partial charge in [0.05, 0.1) is 12.2 Å². The molecule has 8 heteroatoms. The second kappa shape index (κ2) is 6.45. The monoisotopic (exact) mass is 328 g/mol. The summed E-state index contributed by atoms with van der Waals surface area (Å²) < 4.78 is 19.0. The van der Waals surface area contributed by atoms with Crippen LogP contribution in [0.25, 0.3) is 0 Å². The number of carbonyl (C=O) groups excluding carboxylic acids is 1. The Morgan fingerprint density at radius 1 is 1.25 bits per heavy atom. The zero-order valence-electron chi connectivity index (χ0n) is 12.7. The first-order chi connectivity index (χ1) is 11.5. The van der Waals surface area contributed by atoms with E-state index in [1.54, 1.807) is 25.1 Å². The maximum absolute atomic E-state index is 12.9. The van der Waals surface area contributed by atoms with Crippen LogP contribution in [0.15, 0.2) is 51.8 Å². The van der Waals surface area contributed by atoms with Gasteiger partial charge >= 0.3 is 0 Å². The van der Waals surface area contributed by atoms with Crippen LogP contribution in [-0.4, -0.2) is 20.8 Å². The van der Waals surface area contributed by atoms with E-state index < -0.39 is 5.91 Å². The number of carbonyl (C=O) groups is 1. The number of aromatic nitrogens is 3. The summed E-state index contributed by atoms with van der Waals surface area (Å²) in [5.74, 6) is -0.705. The van der Waals surface area contributed by atoms with Gasteiger partial charge in [-0.1, -0.05) is 17.3 Å². The molecule has 0 saturated heterocycles. The highest BCUT2D eigenvalue weighted by atomic mass is 19.1. The van der Waals surface area contributed by atoms with Gasteiger partial charge in [0.15, 0.2) is 0 Å². The Balaban J connectivity index is 1.81. The first-order valence-corrected chi connectivity index (χ1v) is 7.08. The molecule has 0 aliphatic carbocycles. The molecule has 3 rings (SSSR count). The number of amides is 1. The third kappa shape index (κ3) is 3.54. The molecule has 2 heterocycles. The molecular formula is C16H13FN4O3. The average Bonchev–Trinajstić information content (AvgIpc) is 2.96. The minimum Gasteiger partial charge on any atom is -0.338 e. The zero-order valence-corrected chi connectivity index (χ0v) is 12.7. The van der Waals surface area contributed by atoms with Crippen LogP contribution in [-0.2, 0) is 6.54 Å². The van der Waals surface area contributed by atoms with Crippen molar-refractivity contribution in [2.45, 2.75) is 13.5 Å². The minimum absolute atomic E-state index is 0.0470. The SMILES string of the molecule is Cc1cc(NC(=O)c2ccc(=O)n(Cc3ccc(F)cc3)n2)on1. The smallest absolute Gasteiger partial charge is 0.278 e. The number of aryl methyl sites for hydroxylation is 1. The number of anilines is 1. The largest absolute Gasteiger partial charge is 0.338 e. The Morgan fingerprint density at radius 2 is 2.00 bits per heavy atom. The lowest BCUT2D eigenvalue weighted by molar-refractivity contribution is 0.101.